The van der Waals surface area contributed by atoms with E-state index in [0.29, 0.717) is 24.3 Å². The molecule has 1 aromatic rings. The molecule has 0 aliphatic carbocycles. The first kappa shape index (κ1) is 14.8. The van der Waals surface area contributed by atoms with Crippen molar-refractivity contribution < 1.29 is 13.9 Å². The minimum Gasteiger partial charge on any atom is -0.483 e. The van der Waals surface area contributed by atoms with Gasteiger partial charge in [-0.05, 0) is 56.0 Å². The maximum absolute atomic E-state index is 13.2. The molecule has 1 heterocycles. The lowest BCUT2D eigenvalue weighted by Gasteiger charge is -2.26. The summed E-state index contributed by atoms with van der Waals surface area (Å²) < 4.78 is 18.7. The molecule has 2 N–H and O–H groups in total. The summed E-state index contributed by atoms with van der Waals surface area (Å²) in [4.78, 5) is 13.8. The van der Waals surface area contributed by atoms with E-state index in [9.17, 15) is 9.18 Å². The van der Waals surface area contributed by atoms with Gasteiger partial charge in [-0.25, -0.2) is 4.39 Å². The number of rotatable bonds is 5. The maximum atomic E-state index is 13.2. The van der Waals surface area contributed by atoms with E-state index in [1.54, 1.807) is 6.07 Å². The van der Waals surface area contributed by atoms with Crippen LogP contribution in [0, 0.1) is 5.82 Å². The fraction of sp³-hybridized carbons (Fsp3) is 0.533. The standard InChI is InChI=1S/C15H21FN2O2/c16-13-4-5-14(12(10-13)6-7-17)20-11-15(19)18-8-2-1-3-9-18/h4-5,10H,1-3,6-9,11,17H2. The Morgan fingerprint density at radius 1 is 1.30 bits per heavy atom. The van der Waals surface area contributed by atoms with Gasteiger partial charge in [-0.2, -0.15) is 0 Å². The van der Waals surface area contributed by atoms with Gasteiger partial charge in [-0.1, -0.05) is 0 Å². The van der Waals surface area contributed by atoms with Crippen molar-refractivity contribution in [3.8, 4) is 5.75 Å². The van der Waals surface area contributed by atoms with E-state index < -0.39 is 0 Å². The number of nitrogens with zero attached hydrogens (tertiary/aromatic N) is 1. The van der Waals surface area contributed by atoms with Crippen LogP contribution in [-0.4, -0.2) is 37.0 Å². The van der Waals surface area contributed by atoms with Crippen molar-refractivity contribution in [2.75, 3.05) is 26.2 Å². The van der Waals surface area contributed by atoms with Crippen LogP contribution in [0.3, 0.4) is 0 Å². The largest absolute Gasteiger partial charge is 0.483 e. The lowest BCUT2D eigenvalue weighted by Crippen LogP contribution is -2.38. The molecule has 20 heavy (non-hydrogen) atoms. The highest BCUT2D eigenvalue weighted by Gasteiger charge is 2.17. The number of halogens is 1. The molecular weight excluding hydrogens is 259 g/mol. The first-order chi connectivity index (χ1) is 9.70. The molecule has 1 aliphatic rings. The Kier molecular flexibility index (Phi) is 5.35. The Morgan fingerprint density at radius 2 is 2.05 bits per heavy atom. The summed E-state index contributed by atoms with van der Waals surface area (Å²) in [5.74, 6) is 0.220. The average molecular weight is 280 g/mol. The normalized spacial score (nSPS) is 15.2. The SMILES string of the molecule is NCCc1cc(F)ccc1OCC(=O)N1CCCCC1. The first-order valence-electron chi connectivity index (χ1n) is 7.10. The third kappa shape index (κ3) is 3.93. The number of ether oxygens (including phenoxy) is 1. The molecule has 1 fully saturated rings. The van der Waals surface area contributed by atoms with Gasteiger partial charge in [0.05, 0.1) is 0 Å². The van der Waals surface area contributed by atoms with Crippen LogP contribution < -0.4 is 10.5 Å². The van der Waals surface area contributed by atoms with Gasteiger partial charge >= 0.3 is 0 Å². The van der Waals surface area contributed by atoms with E-state index in [1.807, 2.05) is 4.90 Å². The zero-order valence-electron chi connectivity index (χ0n) is 11.6. The predicted octanol–water partition coefficient (Wildman–Crippen LogP) is 1.72. The Labute approximate surface area is 118 Å². The molecule has 110 valence electrons. The highest BCUT2D eigenvalue weighted by atomic mass is 19.1. The molecule has 0 unspecified atom stereocenters. The maximum Gasteiger partial charge on any atom is 0.260 e. The van der Waals surface area contributed by atoms with Gasteiger partial charge in [0.1, 0.15) is 11.6 Å². The lowest BCUT2D eigenvalue weighted by atomic mass is 10.1. The fourth-order valence-electron chi connectivity index (χ4n) is 2.41. The summed E-state index contributed by atoms with van der Waals surface area (Å²) in [6.45, 7) is 2.03. The second-order valence-electron chi connectivity index (χ2n) is 5.02. The minimum atomic E-state index is -0.317. The Hall–Kier alpha value is -1.62. The van der Waals surface area contributed by atoms with Crippen molar-refractivity contribution in [1.82, 2.24) is 4.90 Å². The molecule has 1 aliphatic heterocycles. The molecular formula is C15H21FN2O2. The minimum absolute atomic E-state index is 0.00318. The van der Waals surface area contributed by atoms with E-state index >= 15 is 0 Å². The number of hydrogen-bond donors (Lipinski definition) is 1. The molecule has 1 saturated heterocycles. The van der Waals surface area contributed by atoms with Gasteiger partial charge in [0.25, 0.3) is 5.91 Å². The number of benzene rings is 1. The molecule has 1 amide bonds. The fourth-order valence-corrected chi connectivity index (χ4v) is 2.41. The van der Waals surface area contributed by atoms with Crippen LogP contribution in [0.5, 0.6) is 5.75 Å². The Bertz CT molecular complexity index is 459. The van der Waals surface area contributed by atoms with Gasteiger partial charge < -0.3 is 15.4 Å². The quantitative estimate of drug-likeness (QED) is 0.893. The van der Waals surface area contributed by atoms with Crippen LogP contribution in [-0.2, 0) is 11.2 Å². The Morgan fingerprint density at radius 3 is 2.75 bits per heavy atom. The number of amides is 1. The summed E-state index contributed by atoms with van der Waals surface area (Å²) in [6, 6.07) is 4.30. The molecule has 0 radical (unpaired) electrons. The zero-order valence-corrected chi connectivity index (χ0v) is 11.6. The predicted molar refractivity (Wildman–Crippen MR) is 75.1 cm³/mol. The monoisotopic (exact) mass is 280 g/mol. The van der Waals surface area contributed by atoms with E-state index in [-0.39, 0.29) is 18.3 Å². The van der Waals surface area contributed by atoms with E-state index in [1.165, 1.54) is 18.6 Å². The van der Waals surface area contributed by atoms with Crippen LogP contribution in [0.15, 0.2) is 18.2 Å². The summed E-state index contributed by atoms with van der Waals surface area (Å²) in [5, 5.41) is 0. The summed E-state index contributed by atoms with van der Waals surface area (Å²) in [5.41, 5.74) is 6.21. The molecule has 1 aromatic carbocycles. The van der Waals surface area contributed by atoms with Crippen molar-refractivity contribution in [1.29, 1.82) is 0 Å². The van der Waals surface area contributed by atoms with Gasteiger partial charge in [0.2, 0.25) is 0 Å². The van der Waals surface area contributed by atoms with Crippen molar-refractivity contribution >= 4 is 5.91 Å². The van der Waals surface area contributed by atoms with Crippen molar-refractivity contribution in [3.05, 3.63) is 29.6 Å². The molecule has 0 bridgehead atoms. The topological polar surface area (TPSA) is 55.6 Å². The highest BCUT2D eigenvalue weighted by Crippen LogP contribution is 2.20. The van der Waals surface area contributed by atoms with Crippen LogP contribution in [0.1, 0.15) is 24.8 Å². The molecule has 4 nitrogen and oxygen atoms in total. The van der Waals surface area contributed by atoms with Crippen molar-refractivity contribution in [3.63, 3.8) is 0 Å². The lowest BCUT2D eigenvalue weighted by molar-refractivity contribution is -0.134. The summed E-state index contributed by atoms with van der Waals surface area (Å²) in [7, 11) is 0. The summed E-state index contributed by atoms with van der Waals surface area (Å²) in [6.07, 6.45) is 3.83. The van der Waals surface area contributed by atoms with Gasteiger partial charge in [-0.15, -0.1) is 0 Å². The second kappa shape index (κ2) is 7.24. The molecule has 0 atom stereocenters. The third-order valence-electron chi connectivity index (χ3n) is 3.50. The Balaban J connectivity index is 1.94. The first-order valence-corrected chi connectivity index (χ1v) is 7.10. The number of piperidine rings is 1. The van der Waals surface area contributed by atoms with Crippen molar-refractivity contribution in [2.45, 2.75) is 25.7 Å². The van der Waals surface area contributed by atoms with E-state index in [2.05, 4.69) is 0 Å². The number of likely N-dealkylation sites (tertiary alicyclic amines) is 1. The van der Waals surface area contributed by atoms with Crippen LogP contribution >= 0.6 is 0 Å². The number of nitrogens with two attached hydrogens (primary N) is 1. The van der Waals surface area contributed by atoms with Gasteiger partial charge in [-0.3, -0.25) is 4.79 Å². The van der Waals surface area contributed by atoms with E-state index in [4.69, 9.17) is 10.5 Å². The third-order valence-corrected chi connectivity index (χ3v) is 3.50. The van der Waals surface area contributed by atoms with Crippen molar-refractivity contribution in [2.24, 2.45) is 5.73 Å². The van der Waals surface area contributed by atoms with Crippen LogP contribution in [0.2, 0.25) is 0 Å². The molecule has 5 heteroatoms. The summed E-state index contributed by atoms with van der Waals surface area (Å²) >= 11 is 0. The molecule has 0 aromatic heterocycles. The molecule has 0 saturated carbocycles. The van der Waals surface area contributed by atoms with Crippen LogP contribution in [0.25, 0.3) is 0 Å². The second-order valence-corrected chi connectivity index (χ2v) is 5.02. The van der Waals surface area contributed by atoms with Crippen LogP contribution in [0.4, 0.5) is 4.39 Å². The number of carbonyl (C=O) groups is 1. The average Bonchev–Trinajstić information content (AvgIpc) is 2.47. The smallest absolute Gasteiger partial charge is 0.260 e. The molecule has 0 spiro atoms. The zero-order chi connectivity index (χ0) is 14.4. The van der Waals surface area contributed by atoms with Gasteiger partial charge in [0.15, 0.2) is 6.61 Å². The molecule has 2 rings (SSSR count). The van der Waals surface area contributed by atoms with Gasteiger partial charge in [0, 0.05) is 13.1 Å². The number of carbonyl (C=O) groups excluding carboxylic acids is 1. The van der Waals surface area contributed by atoms with E-state index in [0.717, 1.165) is 25.9 Å². The highest BCUT2D eigenvalue weighted by molar-refractivity contribution is 5.77. The number of hydrogen-bond acceptors (Lipinski definition) is 3.